The molecule has 3 aromatic rings. The second-order valence-corrected chi connectivity index (χ2v) is 7.84. The molecule has 3 rings (SSSR count). The average Bonchev–Trinajstić information content (AvgIpc) is 3.15. The highest BCUT2D eigenvalue weighted by atomic mass is 35.5. The zero-order valence-electron chi connectivity index (χ0n) is 13.0. The van der Waals surface area contributed by atoms with E-state index in [0.717, 1.165) is 0 Å². The van der Waals surface area contributed by atoms with E-state index in [0.29, 0.717) is 16.6 Å². The van der Waals surface area contributed by atoms with E-state index in [1.807, 2.05) is 13.8 Å². The molecule has 1 aromatic carbocycles. The van der Waals surface area contributed by atoms with Crippen LogP contribution in [-0.4, -0.2) is 28.1 Å². The zero-order valence-corrected chi connectivity index (χ0v) is 14.6. The summed E-state index contributed by atoms with van der Waals surface area (Å²) in [5.74, 6) is 0.154. The molecule has 2 aromatic heterocycles. The lowest BCUT2D eigenvalue weighted by Gasteiger charge is -2.08. The minimum Gasteiger partial charge on any atom is -0.339 e. The molecule has 0 atom stereocenters. The van der Waals surface area contributed by atoms with E-state index >= 15 is 0 Å². The van der Waals surface area contributed by atoms with Crippen LogP contribution in [0, 0.1) is 0 Å². The monoisotopic (exact) mass is 366 g/mol. The average molecular weight is 367 g/mol. The van der Waals surface area contributed by atoms with Crippen molar-refractivity contribution in [2.75, 3.05) is 0 Å². The summed E-state index contributed by atoms with van der Waals surface area (Å²) in [4.78, 5) is 8.08. The lowest BCUT2D eigenvalue weighted by atomic mass is 10.2. The first-order valence-corrected chi connectivity index (χ1v) is 9.24. The number of halogens is 1. The van der Waals surface area contributed by atoms with Gasteiger partial charge < -0.3 is 4.52 Å². The van der Waals surface area contributed by atoms with Gasteiger partial charge in [-0.2, -0.15) is 4.98 Å². The summed E-state index contributed by atoms with van der Waals surface area (Å²) in [7, 11) is -3.75. The van der Waals surface area contributed by atoms with Gasteiger partial charge in [0.2, 0.25) is 20.9 Å². The van der Waals surface area contributed by atoms with Crippen LogP contribution in [0.4, 0.5) is 0 Å². The van der Waals surface area contributed by atoms with Gasteiger partial charge in [0.1, 0.15) is 5.75 Å². The number of aromatic nitrogens is 4. The van der Waals surface area contributed by atoms with Gasteiger partial charge in [-0.1, -0.05) is 36.7 Å². The van der Waals surface area contributed by atoms with Crippen LogP contribution in [0.15, 0.2) is 46.3 Å². The van der Waals surface area contributed by atoms with Crippen LogP contribution >= 0.6 is 11.6 Å². The molecule has 0 aliphatic carbocycles. The van der Waals surface area contributed by atoms with Gasteiger partial charge in [-0.25, -0.2) is 13.4 Å². The van der Waals surface area contributed by atoms with Crippen LogP contribution in [0.5, 0.6) is 0 Å². The third-order valence-corrected chi connectivity index (χ3v) is 5.00. The van der Waals surface area contributed by atoms with Gasteiger partial charge in [-0.05, 0) is 18.2 Å². The molecular formula is C15H15ClN4O3S. The van der Waals surface area contributed by atoms with Gasteiger partial charge in [0.25, 0.3) is 0 Å². The van der Waals surface area contributed by atoms with Crippen molar-refractivity contribution in [1.29, 1.82) is 0 Å². The number of hydrogen-bond acceptors (Lipinski definition) is 6. The second-order valence-electron chi connectivity index (χ2n) is 5.52. The van der Waals surface area contributed by atoms with Gasteiger partial charge in [0.15, 0.2) is 5.82 Å². The molecule has 0 N–H and O–H groups in total. The number of imidazole rings is 1. The maximum atomic E-state index is 12.7. The van der Waals surface area contributed by atoms with Crippen molar-refractivity contribution >= 4 is 21.4 Å². The summed E-state index contributed by atoms with van der Waals surface area (Å²) in [5.41, 5.74) is 0.606. The molecule has 7 nitrogen and oxygen atoms in total. The Kier molecular flexibility index (Phi) is 4.42. The molecule has 0 unspecified atom stereocenters. The summed E-state index contributed by atoms with van der Waals surface area (Å²) < 4.78 is 31.9. The number of hydrogen-bond donors (Lipinski definition) is 0. The summed E-state index contributed by atoms with van der Waals surface area (Å²) in [6, 6.07) is 6.86. The van der Waals surface area contributed by atoms with E-state index < -0.39 is 9.84 Å². The highest BCUT2D eigenvalue weighted by Crippen LogP contribution is 2.21. The van der Waals surface area contributed by atoms with Crippen molar-refractivity contribution in [3.05, 3.63) is 53.4 Å². The van der Waals surface area contributed by atoms with Gasteiger partial charge in [0, 0.05) is 29.0 Å². The van der Waals surface area contributed by atoms with E-state index in [1.165, 1.54) is 10.8 Å². The van der Waals surface area contributed by atoms with Crippen molar-refractivity contribution in [1.82, 2.24) is 19.7 Å². The standard InChI is InChI=1S/C15H15ClN4O3S/c1-10(2)14-18-13(19-23-14)9-24(21,22)15-17-6-7-20(15)12-5-3-4-11(16)8-12/h3-8,10H,9H2,1-2H3. The van der Waals surface area contributed by atoms with Gasteiger partial charge >= 0.3 is 0 Å². The largest absolute Gasteiger partial charge is 0.339 e. The Balaban J connectivity index is 1.95. The van der Waals surface area contributed by atoms with Crippen LogP contribution in [0.25, 0.3) is 5.69 Å². The minimum atomic E-state index is -3.75. The molecule has 2 heterocycles. The third-order valence-electron chi connectivity index (χ3n) is 3.27. The van der Waals surface area contributed by atoms with Crippen LogP contribution in [0.1, 0.15) is 31.5 Å². The fourth-order valence-corrected chi connectivity index (χ4v) is 3.60. The lowest BCUT2D eigenvalue weighted by molar-refractivity contribution is 0.361. The Morgan fingerprint density at radius 2 is 2.12 bits per heavy atom. The summed E-state index contributed by atoms with van der Waals surface area (Å²) in [5, 5.41) is 4.13. The molecule has 0 saturated carbocycles. The maximum Gasteiger partial charge on any atom is 0.232 e. The van der Waals surface area contributed by atoms with Gasteiger partial charge in [-0.15, -0.1) is 0 Å². The van der Waals surface area contributed by atoms with E-state index in [2.05, 4.69) is 15.1 Å². The fraction of sp³-hybridized carbons (Fsp3) is 0.267. The van der Waals surface area contributed by atoms with Gasteiger partial charge in [-0.3, -0.25) is 4.57 Å². The van der Waals surface area contributed by atoms with E-state index in [-0.39, 0.29) is 22.7 Å². The molecule has 0 radical (unpaired) electrons. The molecule has 0 saturated heterocycles. The molecule has 0 bridgehead atoms. The Hall–Kier alpha value is -2.19. The van der Waals surface area contributed by atoms with Crippen molar-refractivity contribution in [2.45, 2.75) is 30.7 Å². The van der Waals surface area contributed by atoms with Crippen molar-refractivity contribution in [3.8, 4) is 5.69 Å². The number of benzene rings is 1. The first kappa shape index (κ1) is 16.7. The molecule has 0 aliphatic heterocycles. The maximum absolute atomic E-state index is 12.7. The van der Waals surface area contributed by atoms with E-state index in [4.69, 9.17) is 16.1 Å². The first-order valence-electron chi connectivity index (χ1n) is 7.21. The fourth-order valence-electron chi connectivity index (χ4n) is 2.14. The van der Waals surface area contributed by atoms with Crippen LogP contribution < -0.4 is 0 Å². The molecule has 24 heavy (non-hydrogen) atoms. The smallest absolute Gasteiger partial charge is 0.232 e. The zero-order chi connectivity index (χ0) is 17.3. The van der Waals surface area contributed by atoms with Crippen LogP contribution in [-0.2, 0) is 15.6 Å². The second kappa shape index (κ2) is 6.37. The Morgan fingerprint density at radius 3 is 2.79 bits per heavy atom. The molecule has 0 aliphatic rings. The Bertz CT molecular complexity index is 963. The SMILES string of the molecule is CC(C)c1nc(CS(=O)(=O)c2nccn2-c2cccc(Cl)c2)no1. The molecule has 9 heteroatoms. The third kappa shape index (κ3) is 3.34. The minimum absolute atomic E-state index is 0.0300. The predicted octanol–water partition coefficient (Wildman–Crippen LogP) is 3.01. The summed E-state index contributed by atoms with van der Waals surface area (Å²) >= 11 is 5.97. The number of sulfone groups is 1. The summed E-state index contributed by atoms with van der Waals surface area (Å²) in [6.07, 6.45) is 2.98. The van der Waals surface area contributed by atoms with E-state index in [9.17, 15) is 8.42 Å². The Morgan fingerprint density at radius 1 is 1.33 bits per heavy atom. The normalized spacial score (nSPS) is 12.0. The predicted molar refractivity (Wildman–Crippen MR) is 87.9 cm³/mol. The van der Waals surface area contributed by atoms with E-state index in [1.54, 1.807) is 30.5 Å². The van der Waals surface area contributed by atoms with Crippen molar-refractivity contribution < 1.29 is 12.9 Å². The van der Waals surface area contributed by atoms with Crippen molar-refractivity contribution in [3.63, 3.8) is 0 Å². The quantitative estimate of drug-likeness (QED) is 0.689. The molecule has 0 spiro atoms. The number of nitrogens with zero attached hydrogens (tertiary/aromatic N) is 4. The lowest BCUT2D eigenvalue weighted by Crippen LogP contribution is -2.12. The van der Waals surface area contributed by atoms with Crippen LogP contribution in [0.3, 0.4) is 0 Å². The molecule has 0 amide bonds. The molecular weight excluding hydrogens is 352 g/mol. The highest BCUT2D eigenvalue weighted by Gasteiger charge is 2.25. The van der Waals surface area contributed by atoms with Gasteiger partial charge in [0.05, 0.1) is 0 Å². The Labute approximate surface area is 144 Å². The van der Waals surface area contributed by atoms with Crippen molar-refractivity contribution in [2.24, 2.45) is 0 Å². The summed E-state index contributed by atoms with van der Waals surface area (Å²) in [6.45, 7) is 3.77. The molecule has 126 valence electrons. The highest BCUT2D eigenvalue weighted by molar-refractivity contribution is 7.90. The number of rotatable bonds is 5. The van der Waals surface area contributed by atoms with Crippen LogP contribution in [0.2, 0.25) is 5.02 Å². The first-order chi connectivity index (χ1) is 11.4. The molecule has 0 fully saturated rings. The topological polar surface area (TPSA) is 90.9 Å².